The van der Waals surface area contributed by atoms with Crippen molar-refractivity contribution in [2.45, 2.75) is 39.5 Å². The molecule has 0 spiro atoms. The number of hydrogen-bond donors (Lipinski definition) is 0. The molecule has 14 heteroatoms. The first-order chi connectivity index (χ1) is 20.6. The van der Waals surface area contributed by atoms with Gasteiger partial charge in [0.25, 0.3) is 0 Å². The molecule has 0 aliphatic rings. The molecule has 0 radical (unpaired) electrons. The molecule has 0 saturated heterocycles. The number of nitrogens with zero attached hydrogens (tertiary/aromatic N) is 3. The van der Waals surface area contributed by atoms with Gasteiger partial charge in [0.15, 0.2) is 6.79 Å². The van der Waals surface area contributed by atoms with E-state index in [0.29, 0.717) is 22.4 Å². The van der Waals surface area contributed by atoms with Gasteiger partial charge in [0.2, 0.25) is 7.60 Å². The van der Waals surface area contributed by atoms with Gasteiger partial charge in [0, 0.05) is 16.2 Å². The summed E-state index contributed by atoms with van der Waals surface area (Å²) in [7, 11) is -5.90. The zero-order valence-electron chi connectivity index (χ0n) is 25.0. The van der Waals surface area contributed by atoms with Gasteiger partial charge in [-0.1, -0.05) is 70.5 Å². The van der Waals surface area contributed by atoms with E-state index in [1.165, 1.54) is 42.0 Å². The summed E-state index contributed by atoms with van der Waals surface area (Å²) in [5.74, 6) is -0.820. The predicted molar refractivity (Wildman–Crippen MR) is 161 cm³/mol. The van der Waals surface area contributed by atoms with Crippen LogP contribution in [0.25, 0.3) is 11.3 Å². The molecule has 1 heterocycles. The molecule has 0 fully saturated rings. The summed E-state index contributed by atoms with van der Waals surface area (Å²) >= 11 is 3.05. The first-order valence-corrected chi connectivity index (χ1v) is 15.6. The van der Waals surface area contributed by atoms with Gasteiger partial charge in [-0.2, -0.15) is 14.0 Å². The number of halogens is 3. The van der Waals surface area contributed by atoms with Gasteiger partial charge in [-0.05, 0) is 55.7 Å². The van der Waals surface area contributed by atoms with E-state index in [-0.39, 0.29) is 52.8 Å². The third kappa shape index (κ3) is 8.48. The Morgan fingerprint density at radius 2 is 1.67 bits per heavy atom. The number of aromatic nitrogens is 2. The second kappa shape index (κ2) is 14.7. The maximum Gasteiger partial charge on any atom is 1.00 e. The molecular formula is C31H28BrF2N3NaO6P. The minimum atomic E-state index is -5.90. The molecule has 9 nitrogen and oxygen atoms in total. The molecule has 4 rings (SSSR count). The van der Waals surface area contributed by atoms with Gasteiger partial charge in [-0.15, -0.1) is 0 Å². The molecule has 3 aromatic carbocycles. The number of benzene rings is 3. The van der Waals surface area contributed by atoms with Crippen molar-refractivity contribution in [2.24, 2.45) is 5.41 Å². The summed E-state index contributed by atoms with van der Waals surface area (Å²) in [6.07, 6.45) is 1.69. The van der Waals surface area contributed by atoms with Crippen LogP contribution < -0.4 is 40.1 Å². The minimum absolute atomic E-state index is 0. The average Bonchev–Trinajstić information content (AvgIpc) is 3.27. The van der Waals surface area contributed by atoms with Gasteiger partial charge in [-0.25, -0.2) is 4.79 Å². The first-order valence-electron chi connectivity index (χ1n) is 13.3. The number of imidazole rings is 1. The molecule has 0 N–H and O–H groups in total. The maximum atomic E-state index is 15.2. The second-order valence-electron chi connectivity index (χ2n) is 11.0. The zero-order chi connectivity index (χ0) is 32.3. The molecule has 4 aromatic rings. The van der Waals surface area contributed by atoms with Crippen LogP contribution in [-0.4, -0.2) is 21.9 Å². The summed E-state index contributed by atoms with van der Waals surface area (Å²) < 4.78 is 54.6. The number of alkyl halides is 2. The van der Waals surface area contributed by atoms with E-state index in [4.69, 9.17) is 0 Å². The Kier molecular flexibility index (Phi) is 11.9. The van der Waals surface area contributed by atoms with Crippen molar-refractivity contribution in [3.63, 3.8) is 0 Å². The molecule has 1 atom stereocenters. The smallest absolute Gasteiger partial charge is 0.774 e. The minimum Gasteiger partial charge on any atom is -0.774 e. The summed E-state index contributed by atoms with van der Waals surface area (Å²) in [4.78, 5) is 37.8. The fourth-order valence-corrected chi connectivity index (χ4v) is 5.87. The Labute approximate surface area is 289 Å². The molecule has 0 amide bonds. The molecular weight excluding hydrogens is 682 g/mol. The number of nitriles is 1. The van der Waals surface area contributed by atoms with E-state index in [9.17, 15) is 24.3 Å². The molecule has 0 aliphatic carbocycles. The summed E-state index contributed by atoms with van der Waals surface area (Å²) in [5, 5.41) is 9.18. The van der Waals surface area contributed by atoms with E-state index in [0.717, 1.165) is 11.6 Å². The van der Waals surface area contributed by atoms with Gasteiger partial charge < -0.3 is 14.2 Å². The van der Waals surface area contributed by atoms with Crippen molar-refractivity contribution >= 4 is 29.5 Å². The third-order valence-corrected chi connectivity index (χ3v) is 8.65. The van der Waals surface area contributed by atoms with Crippen LogP contribution in [0.5, 0.6) is 0 Å². The summed E-state index contributed by atoms with van der Waals surface area (Å²) in [5.41, 5.74) is -3.75. The molecule has 45 heavy (non-hydrogen) atoms. The quantitative estimate of drug-likeness (QED) is 0.107. The Morgan fingerprint density at radius 3 is 2.24 bits per heavy atom. The predicted octanol–water partition coefficient (Wildman–Crippen LogP) is 3.22. The average molecular weight is 710 g/mol. The van der Waals surface area contributed by atoms with Crippen LogP contribution in [0.2, 0.25) is 0 Å². The number of rotatable bonds is 10. The van der Waals surface area contributed by atoms with Gasteiger partial charge in [-0.3, -0.25) is 18.5 Å². The van der Waals surface area contributed by atoms with Crippen molar-refractivity contribution in [1.82, 2.24) is 9.13 Å². The molecule has 0 aliphatic heterocycles. The SMILES string of the molecule is CC(C)(C)C(=O)OCOP(=O)([O-])C(F)(F)c1ccc(Cn2c(-c3ccc(C#N)cc3)cn(Cc3ccccc3)c2=O)cc1Br.[Na+]. The monoisotopic (exact) mass is 709 g/mol. The Hall–Kier alpha value is -2.88. The molecule has 1 aromatic heterocycles. The molecule has 0 saturated carbocycles. The van der Waals surface area contributed by atoms with Crippen LogP contribution in [0.15, 0.2) is 88.3 Å². The van der Waals surface area contributed by atoms with Crippen LogP contribution in [0.1, 0.15) is 43.0 Å². The van der Waals surface area contributed by atoms with Crippen molar-refractivity contribution in [3.8, 4) is 17.3 Å². The van der Waals surface area contributed by atoms with E-state index >= 15 is 8.78 Å². The van der Waals surface area contributed by atoms with Crippen LogP contribution in [0.3, 0.4) is 0 Å². The van der Waals surface area contributed by atoms with E-state index in [2.05, 4.69) is 31.3 Å². The van der Waals surface area contributed by atoms with E-state index in [1.807, 2.05) is 30.3 Å². The molecule has 1 unspecified atom stereocenters. The topological polar surface area (TPSA) is 126 Å². The standard InChI is InChI=1S/C31H29BrF2N3O6P.Na/c1-30(2,3)28(38)42-20-43-44(40,41)31(33,34)25-14-11-23(15-26(25)32)18-37-27(24-12-9-21(16-35)10-13-24)19-36(29(37)39)17-22-7-5-4-6-8-22;/h4-15,19H,17-18,20H2,1-3H3,(H,40,41);/q;+1/p-1. The number of carbonyl (C=O) groups excluding carboxylic acids is 1. The molecule has 230 valence electrons. The number of hydrogen-bond acceptors (Lipinski definition) is 7. The zero-order valence-corrected chi connectivity index (χ0v) is 29.5. The van der Waals surface area contributed by atoms with Gasteiger partial charge in [0.05, 0.1) is 35.8 Å². The van der Waals surface area contributed by atoms with Crippen LogP contribution in [0, 0.1) is 16.7 Å². The van der Waals surface area contributed by atoms with Crippen molar-refractivity contribution < 1.29 is 61.9 Å². The second-order valence-corrected chi connectivity index (χ2v) is 13.6. The Morgan fingerprint density at radius 1 is 1.02 bits per heavy atom. The van der Waals surface area contributed by atoms with E-state index in [1.54, 1.807) is 30.5 Å². The third-order valence-electron chi connectivity index (χ3n) is 6.62. The largest absolute Gasteiger partial charge is 1.00 e. The van der Waals surface area contributed by atoms with Gasteiger partial charge in [0.1, 0.15) is 0 Å². The molecule has 0 bridgehead atoms. The Bertz CT molecular complexity index is 1820. The normalized spacial score (nSPS) is 12.9. The van der Waals surface area contributed by atoms with Crippen LogP contribution in [-0.2, 0) is 37.4 Å². The van der Waals surface area contributed by atoms with Gasteiger partial charge >= 0.3 is 46.9 Å². The number of esters is 1. The maximum absolute atomic E-state index is 15.2. The van der Waals surface area contributed by atoms with Crippen molar-refractivity contribution in [3.05, 3.63) is 116 Å². The number of ether oxygens (including phenoxy) is 1. The van der Waals surface area contributed by atoms with Crippen LogP contribution >= 0.6 is 23.5 Å². The Balaban J connectivity index is 0.00000552. The fraction of sp³-hybridized carbons (Fsp3) is 0.258. The first kappa shape index (κ1) is 36.6. The van der Waals surface area contributed by atoms with Crippen LogP contribution in [0.4, 0.5) is 8.78 Å². The number of carbonyl (C=O) groups is 1. The summed E-state index contributed by atoms with van der Waals surface area (Å²) in [6, 6.07) is 21.6. The fourth-order valence-electron chi connectivity index (χ4n) is 4.20. The van der Waals surface area contributed by atoms with Crippen molar-refractivity contribution in [1.29, 1.82) is 5.26 Å². The van der Waals surface area contributed by atoms with E-state index < -0.39 is 37.0 Å². The van der Waals surface area contributed by atoms with Crippen molar-refractivity contribution in [2.75, 3.05) is 6.79 Å². The summed E-state index contributed by atoms with van der Waals surface area (Å²) in [6.45, 7) is 3.60.